The topological polar surface area (TPSA) is 20.2 Å². The molecule has 0 heterocycles. The summed E-state index contributed by atoms with van der Waals surface area (Å²) in [4.78, 5) is 0. The lowest BCUT2D eigenvalue weighted by Gasteiger charge is -2.10. The van der Waals surface area contributed by atoms with Crippen LogP contribution in [0.25, 0.3) is 0 Å². The zero-order chi connectivity index (χ0) is 10.7. The van der Waals surface area contributed by atoms with Gasteiger partial charge in [-0.1, -0.05) is 23.7 Å². The van der Waals surface area contributed by atoms with Crippen LogP contribution in [0.4, 0.5) is 13.2 Å². The van der Waals surface area contributed by atoms with Crippen LogP contribution in [0, 0.1) is 5.82 Å². The van der Waals surface area contributed by atoms with E-state index < -0.39 is 18.3 Å². The Labute approximate surface area is 84.1 Å². The predicted molar refractivity (Wildman–Crippen MR) is 47.1 cm³/mol. The van der Waals surface area contributed by atoms with E-state index in [1.54, 1.807) is 0 Å². The number of aliphatic hydroxyl groups is 1. The number of rotatable bonds is 3. The van der Waals surface area contributed by atoms with Gasteiger partial charge in [0, 0.05) is 6.42 Å². The summed E-state index contributed by atoms with van der Waals surface area (Å²) in [6.45, 7) is 0. The highest BCUT2D eigenvalue weighted by Crippen LogP contribution is 2.22. The van der Waals surface area contributed by atoms with E-state index in [4.69, 9.17) is 16.7 Å². The monoisotopic (exact) mass is 224 g/mol. The highest BCUT2D eigenvalue weighted by molar-refractivity contribution is 6.31. The van der Waals surface area contributed by atoms with Crippen molar-refractivity contribution in [3.63, 3.8) is 0 Å². The second-order valence-corrected chi connectivity index (χ2v) is 3.20. The summed E-state index contributed by atoms with van der Waals surface area (Å²) in [5, 5.41) is 8.65. The first kappa shape index (κ1) is 11.3. The molecule has 1 aromatic rings. The zero-order valence-electron chi connectivity index (χ0n) is 7.05. The van der Waals surface area contributed by atoms with Crippen molar-refractivity contribution < 1.29 is 18.3 Å². The average molecular weight is 225 g/mol. The van der Waals surface area contributed by atoms with E-state index in [1.807, 2.05) is 0 Å². The van der Waals surface area contributed by atoms with Gasteiger partial charge >= 0.3 is 0 Å². The standard InChI is InChI=1S/C9H8ClF3O/c10-8-5(2-1-3-6(8)11)4-7(14)9(12)13/h1-3,7,9,14H,4H2. The Balaban J connectivity index is 2.82. The Morgan fingerprint density at radius 1 is 1.36 bits per heavy atom. The quantitative estimate of drug-likeness (QED) is 0.837. The van der Waals surface area contributed by atoms with Gasteiger partial charge in [0.1, 0.15) is 11.9 Å². The van der Waals surface area contributed by atoms with Crippen LogP contribution in [0.1, 0.15) is 5.56 Å². The Morgan fingerprint density at radius 3 is 2.57 bits per heavy atom. The summed E-state index contributed by atoms with van der Waals surface area (Å²) in [7, 11) is 0. The maximum atomic E-state index is 12.8. The van der Waals surface area contributed by atoms with Gasteiger partial charge in [-0.2, -0.15) is 0 Å². The molecule has 0 aliphatic carbocycles. The lowest BCUT2D eigenvalue weighted by Crippen LogP contribution is -2.20. The third-order valence-electron chi connectivity index (χ3n) is 1.75. The van der Waals surface area contributed by atoms with Crippen LogP contribution in [0.15, 0.2) is 18.2 Å². The number of benzene rings is 1. The van der Waals surface area contributed by atoms with E-state index in [0.29, 0.717) is 0 Å². The van der Waals surface area contributed by atoms with Gasteiger partial charge in [0.05, 0.1) is 5.02 Å². The number of halogens is 4. The maximum absolute atomic E-state index is 12.8. The minimum Gasteiger partial charge on any atom is -0.387 e. The predicted octanol–water partition coefficient (Wildman–Crippen LogP) is 2.65. The molecule has 0 radical (unpaired) electrons. The molecule has 0 aliphatic rings. The lowest BCUT2D eigenvalue weighted by atomic mass is 10.1. The SMILES string of the molecule is OC(Cc1cccc(F)c1Cl)C(F)F. The summed E-state index contributed by atoms with van der Waals surface area (Å²) >= 11 is 5.51. The summed E-state index contributed by atoms with van der Waals surface area (Å²) in [5.41, 5.74) is 0.180. The normalized spacial score (nSPS) is 13.3. The maximum Gasteiger partial charge on any atom is 0.264 e. The van der Waals surface area contributed by atoms with Crippen molar-refractivity contribution in [1.29, 1.82) is 0 Å². The van der Waals surface area contributed by atoms with E-state index in [2.05, 4.69) is 0 Å². The van der Waals surface area contributed by atoms with E-state index in [9.17, 15) is 13.2 Å². The molecule has 0 spiro atoms. The van der Waals surface area contributed by atoms with Crippen LogP contribution in [0.5, 0.6) is 0 Å². The largest absolute Gasteiger partial charge is 0.387 e. The van der Waals surface area contributed by atoms with E-state index >= 15 is 0 Å². The fourth-order valence-corrected chi connectivity index (χ4v) is 1.22. The minimum atomic E-state index is -2.85. The van der Waals surface area contributed by atoms with Crippen molar-refractivity contribution in [2.24, 2.45) is 0 Å². The first-order valence-electron chi connectivity index (χ1n) is 3.91. The van der Waals surface area contributed by atoms with Crippen molar-refractivity contribution in [3.8, 4) is 0 Å². The van der Waals surface area contributed by atoms with Gasteiger partial charge in [-0.25, -0.2) is 13.2 Å². The fourth-order valence-electron chi connectivity index (χ4n) is 1.02. The van der Waals surface area contributed by atoms with Gasteiger partial charge in [0.2, 0.25) is 0 Å². The van der Waals surface area contributed by atoms with Gasteiger partial charge in [0.25, 0.3) is 6.43 Å². The van der Waals surface area contributed by atoms with Gasteiger partial charge in [-0.15, -0.1) is 0 Å². The molecule has 1 atom stereocenters. The molecule has 0 aliphatic heterocycles. The van der Waals surface area contributed by atoms with E-state index in [1.165, 1.54) is 12.1 Å². The molecule has 1 unspecified atom stereocenters. The number of aliphatic hydroxyl groups excluding tert-OH is 1. The van der Waals surface area contributed by atoms with Crippen LogP contribution >= 0.6 is 11.6 Å². The van der Waals surface area contributed by atoms with Crippen LogP contribution < -0.4 is 0 Å². The van der Waals surface area contributed by atoms with Crippen LogP contribution in [-0.4, -0.2) is 17.6 Å². The molecule has 0 amide bonds. The van der Waals surface area contributed by atoms with Crippen molar-refractivity contribution in [2.75, 3.05) is 0 Å². The second-order valence-electron chi connectivity index (χ2n) is 2.82. The minimum absolute atomic E-state index is 0.180. The lowest BCUT2D eigenvalue weighted by molar-refractivity contribution is -0.00367. The van der Waals surface area contributed by atoms with Gasteiger partial charge in [0.15, 0.2) is 0 Å². The summed E-state index contributed by atoms with van der Waals surface area (Å²) in [5.74, 6) is -0.675. The molecular weight excluding hydrogens is 217 g/mol. The highest BCUT2D eigenvalue weighted by atomic mass is 35.5. The average Bonchev–Trinajstić information content (AvgIpc) is 2.12. The molecular formula is C9H8ClF3O. The molecule has 1 aromatic carbocycles. The molecule has 1 nitrogen and oxygen atoms in total. The van der Waals surface area contributed by atoms with Crippen molar-refractivity contribution in [3.05, 3.63) is 34.6 Å². The fraction of sp³-hybridized carbons (Fsp3) is 0.333. The molecule has 5 heteroatoms. The highest BCUT2D eigenvalue weighted by Gasteiger charge is 2.19. The summed E-state index contributed by atoms with van der Waals surface area (Å²) in [6, 6.07) is 3.88. The van der Waals surface area contributed by atoms with E-state index in [0.717, 1.165) is 6.07 Å². The molecule has 0 fully saturated rings. The third-order valence-corrected chi connectivity index (χ3v) is 2.17. The number of hydrogen-bond donors (Lipinski definition) is 1. The second kappa shape index (κ2) is 4.66. The molecule has 1 N–H and O–H groups in total. The molecule has 0 bridgehead atoms. The molecule has 0 saturated heterocycles. The van der Waals surface area contributed by atoms with Gasteiger partial charge < -0.3 is 5.11 Å². The molecule has 78 valence electrons. The molecule has 0 aromatic heterocycles. The van der Waals surface area contributed by atoms with Crippen molar-refractivity contribution >= 4 is 11.6 Å². The van der Waals surface area contributed by atoms with Crippen LogP contribution in [0.2, 0.25) is 5.02 Å². The van der Waals surface area contributed by atoms with Crippen LogP contribution in [0.3, 0.4) is 0 Å². The number of hydrogen-bond acceptors (Lipinski definition) is 1. The molecule has 14 heavy (non-hydrogen) atoms. The molecule has 1 rings (SSSR count). The van der Waals surface area contributed by atoms with Crippen molar-refractivity contribution in [2.45, 2.75) is 19.0 Å². The smallest absolute Gasteiger partial charge is 0.264 e. The summed E-state index contributed by atoms with van der Waals surface area (Å²) in [6.07, 6.45) is -5.02. The Hall–Kier alpha value is -0.740. The van der Waals surface area contributed by atoms with Gasteiger partial charge in [-0.05, 0) is 11.6 Å². The van der Waals surface area contributed by atoms with E-state index in [-0.39, 0.29) is 17.0 Å². The Morgan fingerprint density at radius 2 is 2.00 bits per heavy atom. The van der Waals surface area contributed by atoms with Crippen molar-refractivity contribution in [1.82, 2.24) is 0 Å². The van der Waals surface area contributed by atoms with Crippen LogP contribution in [-0.2, 0) is 6.42 Å². The Bertz CT molecular complexity index is 317. The number of alkyl halides is 2. The first-order chi connectivity index (χ1) is 6.52. The molecule has 0 saturated carbocycles. The van der Waals surface area contributed by atoms with Gasteiger partial charge in [-0.3, -0.25) is 0 Å². The Kier molecular flexibility index (Phi) is 3.77. The summed E-state index contributed by atoms with van der Waals surface area (Å²) < 4.78 is 36.7. The third kappa shape index (κ3) is 2.62. The first-order valence-corrected chi connectivity index (χ1v) is 4.29. The zero-order valence-corrected chi connectivity index (χ0v) is 7.81.